The van der Waals surface area contributed by atoms with Gasteiger partial charge in [0.2, 0.25) is 0 Å². The molecule has 1 fully saturated rings. The number of nitrogens with zero attached hydrogens (tertiary/aromatic N) is 2. The third-order valence-electron chi connectivity index (χ3n) is 5.30. The standard InChI is InChI=1S/C24H27FN2O2S/c1-19-2-4-20(5-3-19)10-11-24(17-27-13-12-26-18-27)28-14-23(29-24)16-30-15-21-6-8-22(25)9-7-21/h2-9,12-13,18,23H,10-11,14-17H2,1H3. The topological polar surface area (TPSA) is 36.3 Å². The second kappa shape index (κ2) is 9.77. The molecule has 6 heteroatoms. The molecule has 1 saturated heterocycles. The summed E-state index contributed by atoms with van der Waals surface area (Å²) in [6.07, 6.45) is 7.24. The number of hydrogen-bond donors (Lipinski definition) is 0. The molecule has 0 radical (unpaired) electrons. The van der Waals surface area contributed by atoms with Gasteiger partial charge in [-0.1, -0.05) is 42.0 Å². The maximum Gasteiger partial charge on any atom is 0.187 e. The van der Waals surface area contributed by atoms with Crippen molar-refractivity contribution in [3.05, 3.63) is 89.8 Å². The van der Waals surface area contributed by atoms with Crippen molar-refractivity contribution in [1.82, 2.24) is 9.55 Å². The second-order valence-electron chi connectivity index (χ2n) is 7.82. The normalized spacial score (nSPS) is 21.2. The van der Waals surface area contributed by atoms with Gasteiger partial charge in [-0.2, -0.15) is 11.8 Å². The summed E-state index contributed by atoms with van der Waals surface area (Å²) in [5, 5.41) is 0. The molecule has 1 aromatic heterocycles. The number of imidazole rings is 1. The highest BCUT2D eigenvalue weighted by molar-refractivity contribution is 7.98. The lowest BCUT2D eigenvalue weighted by Crippen LogP contribution is -2.37. The van der Waals surface area contributed by atoms with Crippen LogP contribution >= 0.6 is 11.8 Å². The number of benzene rings is 2. The summed E-state index contributed by atoms with van der Waals surface area (Å²) in [6, 6.07) is 15.3. The fourth-order valence-corrected chi connectivity index (χ4v) is 4.60. The van der Waals surface area contributed by atoms with E-state index >= 15 is 0 Å². The van der Waals surface area contributed by atoms with Crippen molar-refractivity contribution in [3.8, 4) is 0 Å². The van der Waals surface area contributed by atoms with Crippen LogP contribution in [0.1, 0.15) is 23.1 Å². The van der Waals surface area contributed by atoms with Crippen molar-refractivity contribution in [1.29, 1.82) is 0 Å². The van der Waals surface area contributed by atoms with Crippen LogP contribution in [0.15, 0.2) is 67.3 Å². The Bertz CT molecular complexity index is 915. The lowest BCUT2D eigenvalue weighted by atomic mass is 10.0. The van der Waals surface area contributed by atoms with Crippen LogP contribution in [0.3, 0.4) is 0 Å². The second-order valence-corrected chi connectivity index (χ2v) is 8.85. The number of aryl methyl sites for hydroxylation is 2. The zero-order valence-corrected chi connectivity index (χ0v) is 18.0. The molecule has 1 aliphatic rings. The fraction of sp³-hybridized carbons (Fsp3) is 0.375. The molecule has 1 aliphatic heterocycles. The highest BCUT2D eigenvalue weighted by Crippen LogP contribution is 2.32. The minimum absolute atomic E-state index is 0.0389. The van der Waals surface area contributed by atoms with Gasteiger partial charge < -0.3 is 14.0 Å². The van der Waals surface area contributed by atoms with Crippen LogP contribution in [0.5, 0.6) is 0 Å². The SMILES string of the molecule is Cc1ccc(CCC2(Cn3ccnc3)OCC(CSCc3ccc(F)cc3)O2)cc1. The Balaban J connectivity index is 1.35. The average Bonchev–Trinajstić information content (AvgIpc) is 3.40. The van der Waals surface area contributed by atoms with Gasteiger partial charge in [0, 0.05) is 30.3 Å². The molecule has 0 saturated carbocycles. The number of thioether (sulfide) groups is 1. The Kier molecular flexibility index (Phi) is 6.87. The van der Waals surface area contributed by atoms with E-state index in [9.17, 15) is 4.39 Å². The number of ether oxygens (including phenoxy) is 2. The zero-order chi connectivity index (χ0) is 20.8. The molecule has 0 spiro atoms. The van der Waals surface area contributed by atoms with E-state index in [0.29, 0.717) is 13.2 Å². The molecule has 0 aliphatic carbocycles. The van der Waals surface area contributed by atoms with Gasteiger partial charge >= 0.3 is 0 Å². The Morgan fingerprint density at radius 3 is 2.63 bits per heavy atom. The van der Waals surface area contributed by atoms with Crippen LogP contribution in [-0.4, -0.2) is 33.8 Å². The summed E-state index contributed by atoms with van der Waals surface area (Å²) in [4.78, 5) is 4.15. The first kappa shape index (κ1) is 21.1. The molecule has 2 heterocycles. The van der Waals surface area contributed by atoms with Gasteiger partial charge in [-0.05, 0) is 36.6 Å². The molecule has 3 aromatic rings. The summed E-state index contributed by atoms with van der Waals surface area (Å²) in [7, 11) is 0. The first-order valence-corrected chi connectivity index (χ1v) is 11.4. The molecule has 0 amide bonds. The summed E-state index contributed by atoms with van der Waals surface area (Å²) in [6.45, 7) is 3.30. The fourth-order valence-electron chi connectivity index (χ4n) is 3.63. The van der Waals surface area contributed by atoms with Crippen molar-refractivity contribution in [2.45, 2.75) is 44.0 Å². The van der Waals surface area contributed by atoms with E-state index in [0.717, 1.165) is 29.9 Å². The zero-order valence-electron chi connectivity index (χ0n) is 17.2. The minimum Gasteiger partial charge on any atom is -0.345 e. The van der Waals surface area contributed by atoms with Gasteiger partial charge in [0.25, 0.3) is 0 Å². The molecular weight excluding hydrogens is 399 g/mol. The average molecular weight is 427 g/mol. The largest absolute Gasteiger partial charge is 0.345 e. The van der Waals surface area contributed by atoms with Crippen LogP contribution in [0.2, 0.25) is 0 Å². The van der Waals surface area contributed by atoms with E-state index in [2.05, 4.69) is 36.2 Å². The predicted octanol–water partition coefficient (Wildman–Crippen LogP) is 5.01. The summed E-state index contributed by atoms with van der Waals surface area (Å²) in [5.74, 6) is 0.826. The Labute approximate surface area is 181 Å². The molecule has 0 N–H and O–H groups in total. The molecule has 4 nitrogen and oxygen atoms in total. The maximum absolute atomic E-state index is 13.1. The van der Waals surface area contributed by atoms with Crippen molar-refractivity contribution in [3.63, 3.8) is 0 Å². The number of halogens is 1. The first-order valence-electron chi connectivity index (χ1n) is 10.3. The van der Waals surface area contributed by atoms with Crippen molar-refractivity contribution >= 4 is 11.8 Å². The third-order valence-corrected chi connectivity index (χ3v) is 6.44. The van der Waals surface area contributed by atoms with Crippen molar-refractivity contribution in [2.75, 3.05) is 12.4 Å². The first-order chi connectivity index (χ1) is 14.6. The van der Waals surface area contributed by atoms with Crippen LogP contribution in [-0.2, 0) is 28.2 Å². The highest BCUT2D eigenvalue weighted by atomic mass is 32.2. The van der Waals surface area contributed by atoms with Gasteiger partial charge in [0.15, 0.2) is 5.79 Å². The molecular formula is C24H27FN2O2S. The minimum atomic E-state index is -0.646. The van der Waals surface area contributed by atoms with E-state index in [-0.39, 0.29) is 11.9 Å². The highest BCUT2D eigenvalue weighted by Gasteiger charge is 2.41. The van der Waals surface area contributed by atoms with E-state index in [4.69, 9.17) is 9.47 Å². The summed E-state index contributed by atoms with van der Waals surface area (Å²) < 4.78 is 27.8. The molecule has 2 atom stereocenters. The molecule has 4 rings (SSSR count). The molecule has 30 heavy (non-hydrogen) atoms. The van der Waals surface area contributed by atoms with E-state index < -0.39 is 5.79 Å². The van der Waals surface area contributed by atoms with Gasteiger partial charge in [0.05, 0.1) is 25.6 Å². The smallest absolute Gasteiger partial charge is 0.187 e. The quantitative estimate of drug-likeness (QED) is 0.482. The Morgan fingerprint density at radius 1 is 1.13 bits per heavy atom. The number of hydrogen-bond acceptors (Lipinski definition) is 4. The predicted molar refractivity (Wildman–Crippen MR) is 118 cm³/mol. The van der Waals surface area contributed by atoms with Crippen molar-refractivity contribution in [2.24, 2.45) is 0 Å². The summed E-state index contributed by atoms with van der Waals surface area (Å²) in [5.41, 5.74) is 3.66. The number of rotatable bonds is 9. The van der Waals surface area contributed by atoms with Crippen LogP contribution < -0.4 is 0 Å². The maximum atomic E-state index is 13.1. The molecule has 2 unspecified atom stereocenters. The molecule has 0 bridgehead atoms. The van der Waals surface area contributed by atoms with E-state index in [1.54, 1.807) is 24.3 Å². The summed E-state index contributed by atoms with van der Waals surface area (Å²) >= 11 is 1.79. The van der Waals surface area contributed by atoms with Crippen LogP contribution in [0.4, 0.5) is 4.39 Å². The van der Waals surface area contributed by atoms with Gasteiger partial charge in [-0.25, -0.2) is 9.37 Å². The van der Waals surface area contributed by atoms with Crippen LogP contribution in [0.25, 0.3) is 0 Å². The van der Waals surface area contributed by atoms with Gasteiger partial charge in [-0.15, -0.1) is 0 Å². The van der Waals surface area contributed by atoms with Gasteiger partial charge in [-0.3, -0.25) is 0 Å². The van der Waals surface area contributed by atoms with Crippen LogP contribution in [0, 0.1) is 12.7 Å². The Morgan fingerprint density at radius 2 is 1.90 bits per heavy atom. The van der Waals surface area contributed by atoms with E-state index in [1.165, 1.54) is 23.3 Å². The number of aromatic nitrogens is 2. The lowest BCUT2D eigenvalue weighted by Gasteiger charge is -2.28. The van der Waals surface area contributed by atoms with Gasteiger partial charge in [0.1, 0.15) is 5.82 Å². The monoisotopic (exact) mass is 426 g/mol. The molecule has 158 valence electrons. The lowest BCUT2D eigenvalue weighted by molar-refractivity contribution is -0.180. The molecule has 2 aromatic carbocycles. The van der Waals surface area contributed by atoms with Crippen molar-refractivity contribution < 1.29 is 13.9 Å². The third kappa shape index (κ3) is 5.72. The van der Waals surface area contributed by atoms with E-state index in [1.807, 2.05) is 22.9 Å². The Hall–Kier alpha value is -2.15.